The fraction of sp³-hybridized carbons (Fsp3) is 0.235. The second-order valence-electron chi connectivity index (χ2n) is 4.84. The van der Waals surface area contributed by atoms with Gasteiger partial charge in [-0.2, -0.15) is 0 Å². The molecular weight excluding hydrogens is 314 g/mol. The molecule has 1 heterocycles. The van der Waals surface area contributed by atoms with Crippen LogP contribution in [0.2, 0.25) is 0 Å². The summed E-state index contributed by atoms with van der Waals surface area (Å²) in [6.07, 6.45) is 1.88. The predicted octanol–water partition coefficient (Wildman–Crippen LogP) is 4.33. The Bertz CT molecular complexity index is 619. The Kier molecular flexibility index (Phi) is 4.16. The summed E-state index contributed by atoms with van der Waals surface area (Å²) in [5.74, 6) is 0.921. The highest BCUT2D eigenvalue weighted by Crippen LogP contribution is 2.27. The van der Waals surface area contributed by atoms with Crippen molar-refractivity contribution >= 4 is 27.3 Å². The van der Waals surface area contributed by atoms with Crippen molar-refractivity contribution in [3.63, 3.8) is 0 Å². The molecule has 2 aromatic carbocycles. The summed E-state index contributed by atoms with van der Waals surface area (Å²) in [5, 5.41) is 0.851. The van der Waals surface area contributed by atoms with Gasteiger partial charge in [0, 0.05) is 23.9 Å². The average molecular weight is 330 g/mol. The van der Waals surface area contributed by atoms with Crippen LogP contribution in [-0.2, 0) is 12.8 Å². The molecule has 3 heteroatoms. The number of ether oxygens (including phenoxy) is 1. The lowest BCUT2D eigenvalue weighted by atomic mass is 10.0. The number of hydrogen-bond donors (Lipinski definition) is 0. The molecule has 0 unspecified atom stereocenters. The molecule has 0 atom stereocenters. The third kappa shape index (κ3) is 3.10. The molecule has 1 aliphatic heterocycles. The minimum atomic E-state index is 0.696. The summed E-state index contributed by atoms with van der Waals surface area (Å²) >= 11 is 3.35. The number of rotatable bonds is 5. The molecule has 2 aromatic rings. The van der Waals surface area contributed by atoms with Gasteiger partial charge in [-0.3, -0.25) is 4.99 Å². The van der Waals surface area contributed by atoms with Crippen molar-refractivity contribution in [3.8, 4) is 5.75 Å². The Morgan fingerprint density at radius 2 is 1.85 bits per heavy atom. The van der Waals surface area contributed by atoms with E-state index in [4.69, 9.17) is 9.73 Å². The van der Waals surface area contributed by atoms with Crippen LogP contribution in [-0.4, -0.2) is 17.6 Å². The summed E-state index contributed by atoms with van der Waals surface area (Å²) in [6, 6.07) is 16.7. The van der Waals surface area contributed by atoms with Crippen LogP contribution in [0.3, 0.4) is 0 Å². The fourth-order valence-corrected chi connectivity index (χ4v) is 2.56. The molecule has 0 radical (unpaired) electrons. The largest absolute Gasteiger partial charge is 0.493 e. The van der Waals surface area contributed by atoms with Gasteiger partial charge in [-0.15, -0.1) is 0 Å². The highest BCUT2D eigenvalue weighted by Gasteiger charge is 2.13. The Labute approximate surface area is 127 Å². The van der Waals surface area contributed by atoms with E-state index in [0.717, 1.165) is 29.6 Å². The van der Waals surface area contributed by atoms with Gasteiger partial charge < -0.3 is 4.74 Å². The zero-order chi connectivity index (χ0) is 13.8. The third-order valence-electron chi connectivity index (χ3n) is 3.34. The van der Waals surface area contributed by atoms with E-state index in [2.05, 4.69) is 46.3 Å². The number of para-hydroxylation sites is 1. The van der Waals surface area contributed by atoms with Crippen molar-refractivity contribution in [2.75, 3.05) is 11.9 Å². The minimum Gasteiger partial charge on any atom is -0.493 e. The molecule has 20 heavy (non-hydrogen) atoms. The van der Waals surface area contributed by atoms with Crippen LogP contribution in [0.25, 0.3) is 0 Å². The van der Waals surface area contributed by atoms with Crippen LogP contribution in [0.15, 0.2) is 53.5 Å². The number of nitrogens with zero attached hydrogens (tertiary/aromatic N) is 1. The molecule has 3 rings (SSSR count). The van der Waals surface area contributed by atoms with E-state index >= 15 is 0 Å². The van der Waals surface area contributed by atoms with E-state index in [1.54, 1.807) is 0 Å². The topological polar surface area (TPSA) is 21.6 Å². The summed E-state index contributed by atoms with van der Waals surface area (Å²) < 4.78 is 5.55. The van der Waals surface area contributed by atoms with E-state index in [0.29, 0.717) is 6.61 Å². The first kappa shape index (κ1) is 13.4. The van der Waals surface area contributed by atoms with Gasteiger partial charge >= 0.3 is 0 Å². The highest BCUT2D eigenvalue weighted by molar-refractivity contribution is 9.09. The normalized spacial score (nSPS) is 12.9. The molecule has 0 aliphatic carbocycles. The zero-order valence-electron chi connectivity index (χ0n) is 11.2. The second-order valence-corrected chi connectivity index (χ2v) is 5.63. The Morgan fingerprint density at radius 1 is 1.05 bits per heavy atom. The van der Waals surface area contributed by atoms with Crippen molar-refractivity contribution < 1.29 is 4.74 Å². The lowest BCUT2D eigenvalue weighted by Gasteiger charge is -2.05. The first-order valence-electron chi connectivity index (χ1n) is 6.77. The van der Waals surface area contributed by atoms with E-state index in [1.165, 1.54) is 16.8 Å². The third-order valence-corrected chi connectivity index (χ3v) is 3.67. The summed E-state index contributed by atoms with van der Waals surface area (Å²) in [4.78, 5) is 4.70. The highest BCUT2D eigenvalue weighted by atomic mass is 79.9. The van der Waals surface area contributed by atoms with Crippen LogP contribution < -0.4 is 4.74 Å². The van der Waals surface area contributed by atoms with Crippen LogP contribution in [0.5, 0.6) is 5.75 Å². The SMILES string of the molecule is BrCCOc1ccc(CC2=Nc3ccccc3C2)cc1. The van der Waals surface area contributed by atoms with Gasteiger partial charge in [-0.05, 0) is 29.3 Å². The molecule has 0 bridgehead atoms. The molecule has 1 aliphatic rings. The number of aliphatic imine (C=N–C) groups is 1. The van der Waals surface area contributed by atoms with Crippen molar-refractivity contribution in [1.82, 2.24) is 0 Å². The van der Waals surface area contributed by atoms with E-state index in [-0.39, 0.29) is 0 Å². The monoisotopic (exact) mass is 329 g/mol. The van der Waals surface area contributed by atoms with Gasteiger partial charge in [0.25, 0.3) is 0 Å². The standard InChI is InChI=1S/C17H16BrNO/c18-9-10-20-16-7-5-13(6-8-16)11-15-12-14-3-1-2-4-17(14)19-15/h1-8H,9-12H2. The summed E-state index contributed by atoms with van der Waals surface area (Å²) in [6.45, 7) is 0.696. The summed E-state index contributed by atoms with van der Waals surface area (Å²) in [5.41, 5.74) is 4.97. The van der Waals surface area contributed by atoms with Gasteiger partial charge in [-0.25, -0.2) is 0 Å². The van der Waals surface area contributed by atoms with Crippen molar-refractivity contribution in [2.24, 2.45) is 4.99 Å². The van der Waals surface area contributed by atoms with E-state index < -0.39 is 0 Å². The number of hydrogen-bond acceptors (Lipinski definition) is 2. The Balaban J connectivity index is 1.65. The second kappa shape index (κ2) is 6.23. The zero-order valence-corrected chi connectivity index (χ0v) is 12.8. The first-order chi connectivity index (χ1) is 9.85. The van der Waals surface area contributed by atoms with Gasteiger partial charge in [0.2, 0.25) is 0 Å². The Hall–Kier alpha value is -1.61. The lowest BCUT2D eigenvalue weighted by Crippen LogP contribution is -2.03. The molecule has 0 saturated carbocycles. The molecule has 0 N–H and O–H groups in total. The van der Waals surface area contributed by atoms with Crippen molar-refractivity contribution in [2.45, 2.75) is 12.8 Å². The molecule has 0 saturated heterocycles. The number of benzene rings is 2. The average Bonchev–Trinajstić information content (AvgIpc) is 2.89. The molecule has 102 valence electrons. The van der Waals surface area contributed by atoms with Gasteiger partial charge in [0.05, 0.1) is 12.3 Å². The summed E-state index contributed by atoms with van der Waals surface area (Å²) in [7, 11) is 0. The molecule has 0 fully saturated rings. The fourth-order valence-electron chi connectivity index (χ4n) is 2.40. The quantitative estimate of drug-likeness (QED) is 0.748. The molecular formula is C17H16BrNO. The number of fused-ring (bicyclic) bond motifs is 1. The lowest BCUT2D eigenvalue weighted by molar-refractivity contribution is 0.345. The number of alkyl halides is 1. The van der Waals surface area contributed by atoms with Crippen LogP contribution >= 0.6 is 15.9 Å². The van der Waals surface area contributed by atoms with Crippen molar-refractivity contribution in [1.29, 1.82) is 0 Å². The molecule has 0 aromatic heterocycles. The van der Waals surface area contributed by atoms with Crippen LogP contribution in [0.1, 0.15) is 11.1 Å². The van der Waals surface area contributed by atoms with Crippen molar-refractivity contribution in [3.05, 3.63) is 59.7 Å². The predicted molar refractivity (Wildman–Crippen MR) is 86.7 cm³/mol. The molecule has 0 spiro atoms. The number of halogens is 1. The maximum atomic E-state index is 5.55. The molecule has 2 nitrogen and oxygen atoms in total. The molecule has 0 amide bonds. The minimum absolute atomic E-state index is 0.696. The maximum absolute atomic E-state index is 5.55. The van der Waals surface area contributed by atoms with Gasteiger partial charge in [0.1, 0.15) is 5.75 Å². The Morgan fingerprint density at radius 3 is 2.60 bits per heavy atom. The van der Waals surface area contributed by atoms with Crippen LogP contribution in [0, 0.1) is 0 Å². The van der Waals surface area contributed by atoms with Crippen LogP contribution in [0.4, 0.5) is 5.69 Å². The first-order valence-corrected chi connectivity index (χ1v) is 7.89. The van der Waals surface area contributed by atoms with E-state index in [1.807, 2.05) is 18.2 Å². The van der Waals surface area contributed by atoms with Gasteiger partial charge in [-0.1, -0.05) is 46.3 Å². The maximum Gasteiger partial charge on any atom is 0.119 e. The van der Waals surface area contributed by atoms with E-state index in [9.17, 15) is 0 Å². The van der Waals surface area contributed by atoms with Gasteiger partial charge in [0.15, 0.2) is 0 Å². The smallest absolute Gasteiger partial charge is 0.119 e.